The molecule has 2 aromatic heterocycles. The van der Waals surface area contributed by atoms with Crippen LogP contribution in [0.1, 0.15) is 25.3 Å². The van der Waals surface area contributed by atoms with E-state index in [1.807, 2.05) is 79.0 Å². The number of para-hydroxylation sites is 2. The zero-order valence-electron chi connectivity index (χ0n) is 23.7. The Morgan fingerprint density at radius 2 is 1.37 bits per heavy atom. The van der Waals surface area contributed by atoms with Gasteiger partial charge in [0, 0.05) is 44.0 Å². The fourth-order valence-electron chi connectivity index (χ4n) is 5.53. The summed E-state index contributed by atoms with van der Waals surface area (Å²) in [6, 6.07) is 42.8. The molecule has 0 amide bonds. The monoisotopic (exact) mass is 735 g/mol. The molecule has 0 aliphatic carbocycles. The molecular formula is C37H27BIrN2O2-2. The largest absolute Gasteiger partial charge is 0.503 e. The number of rotatable bonds is 3. The molecule has 1 radical (unpaired) electrons. The number of hydrogen-bond acceptors (Lipinski definition) is 4. The maximum atomic E-state index is 6.47. The van der Waals surface area contributed by atoms with Gasteiger partial charge in [-0.05, 0) is 52.5 Å². The van der Waals surface area contributed by atoms with Crippen LogP contribution in [0.15, 0.2) is 122 Å². The van der Waals surface area contributed by atoms with E-state index >= 15 is 0 Å². The number of aromatic nitrogens is 2. The third-order valence-electron chi connectivity index (χ3n) is 7.62. The second kappa shape index (κ2) is 12.4. The molecule has 0 saturated heterocycles. The molecule has 0 spiro atoms. The van der Waals surface area contributed by atoms with Crippen molar-refractivity contribution in [1.29, 1.82) is 0 Å². The molecule has 2 aliphatic heterocycles. The molecule has 8 rings (SSSR count). The van der Waals surface area contributed by atoms with Gasteiger partial charge in [-0.3, -0.25) is 0 Å². The van der Waals surface area contributed by atoms with Gasteiger partial charge in [0.15, 0.2) is 0 Å². The minimum atomic E-state index is 0. The average Bonchev–Trinajstić information content (AvgIpc) is 3.06. The van der Waals surface area contributed by atoms with Crippen LogP contribution in [0.3, 0.4) is 0 Å². The second-order valence-electron chi connectivity index (χ2n) is 10.6. The van der Waals surface area contributed by atoms with Crippen LogP contribution in [0.5, 0.6) is 23.0 Å². The fourth-order valence-corrected chi connectivity index (χ4v) is 5.53. The molecular weight excluding hydrogens is 707 g/mol. The SMILES string of the molecule is CC(C)c1ccnc(-c2[c-]cc3c4c2Oc2ccccc2B4c2ccccc2O3)c1.[Ir].[c-]1ccccc1-c1ccccn1. The van der Waals surface area contributed by atoms with Crippen LogP contribution in [0.4, 0.5) is 0 Å². The van der Waals surface area contributed by atoms with E-state index in [0.717, 1.165) is 61.9 Å². The molecule has 4 heterocycles. The fraction of sp³-hybridized carbons (Fsp3) is 0.0811. The Hall–Kier alpha value is -4.51. The first-order chi connectivity index (χ1) is 20.7. The maximum Gasteiger partial charge on any atom is 0.239 e. The van der Waals surface area contributed by atoms with Gasteiger partial charge < -0.3 is 19.4 Å². The van der Waals surface area contributed by atoms with Crippen LogP contribution < -0.4 is 25.9 Å². The van der Waals surface area contributed by atoms with E-state index in [1.165, 1.54) is 5.56 Å². The van der Waals surface area contributed by atoms with E-state index in [1.54, 1.807) is 6.20 Å². The molecule has 0 atom stereocenters. The third kappa shape index (κ3) is 5.52. The van der Waals surface area contributed by atoms with Gasteiger partial charge in [-0.25, -0.2) is 0 Å². The minimum Gasteiger partial charge on any atom is -0.503 e. The summed E-state index contributed by atoms with van der Waals surface area (Å²) in [5.74, 6) is 3.77. The van der Waals surface area contributed by atoms with Crippen molar-refractivity contribution in [2.24, 2.45) is 0 Å². The van der Waals surface area contributed by atoms with Crippen molar-refractivity contribution in [2.45, 2.75) is 19.8 Å². The number of pyridine rings is 2. The predicted molar refractivity (Wildman–Crippen MR) is 169 cm³/mol. The van der Waals surface area contributed by atoms with Crippen molar-refractivity contribution < 1.29 is 29.6 Å². The number of hydrogen-bond donors (Lipinski definition) is 0. The first kappa shape index (κ1) is 28.6. The summed E-state index contributed by atoms with van der Waals surface area (Å²) in [5, 5.41) is 0. The minimum absolute atomic E-state index is 0. The van der Waals surface area contributed by atoms with Gasteiger partial charge in [0.05, 0.1) is 0 Å². The predicted octanol–water partition coefficient (Wildman–Crippen LogP) is 6.95. The van der Waals surface area contributed by atoms with Crippen LogP contribution in [0, 0.1) is 12.1 Å². The van der Waals surface area contributed by atoms with Gasteiger partial charge in [0.1, 0.15) is 11.5 Å². The van der Waals surface area contributed by atoms with Gasteiger partial charge in [-0.1, -0.05) is 85.0 Å². The zero-order valence-corrected chi connectivity index (χ0v) is 26.1. The number of benzene rings is 4. The molecule has 0 N–H and O–H groups in total. The summed E-state index contributed by atoms with van der Waals surface area (Å²) in [6.45, 7) is 4.44. The van der Waals surface area contributed by atoms with Crippen molar-refractivity contribution in [3.63, 3.8) is 0 Å². The Morgan fingerprint density at radius 3 is 2.07 bits per heavy atom. The quantitative estimate of drug-likeness (QED) is 0.146. The van der Waals surface area contributed by atoms with Crippen molar-refractivity contribution in [2.75, 3.05) is 0 Å². The first-order valence-electron chi connectivity index (χ1n) is 14.1. The zero-order chi connectivity index (χ0) is 28.5. The molecule has 43 heavy (non-hydrogen) atoms. The summed E-state index contributed by atoms with van der Waals surface area (Å²) in [4.78, 5) is 8.86. The van der Waals surface area contributed by atoms with E-state index in [2.05, 4.69) is 72.3 Å². The van der Waals surface area contributed by atoms with Crippen LogP contribution in [-0.2, 0) is 20.1 Å². The van der Waals surface area contributed by atoms with Gasteiger partial charge in [-0.15, -0.1) is 48.0 Å². The van der Waals surface area contributed by atoms with Gasteiger partial charge in [0.25, 0.3) is 0 Å². The Morgan fingerprint density at radius 1 is 0.674 bits per heavy atom. The molecule has 4 nitrogen and oxygen atoms in total. The van der Waals surface area contributed by atoms with E-state index in [4.69, 9.17) is 9.47 Å². The Balaban J connectivity index is 0.000000213. The summed E-state index contributed by atoms with van der Waals surface area (Å²) >= 11 is 0. The Bertz CT molecular complexity index is 1830. The van der Waals surface area contributed by atoms with Crippen LogP contribution in [-0.4, -0.2) is 16.7 Å². The van der Waals surface area contributed by atoms with Crippen LogP contribution in [0.2, 0.25) is 0 Å². The summed E-state index contributed by atoms with van der Waals surface area (Å²) in [5.41, 5.74) is 8.36. The summed E-state index contributed by atoms with van der Waals surface area (Å²) < 4.78 is 12.7. The smallest absolute Gasteiger partial charge is 0.239 e. The average molecular weight is 735 g/mol. The Labute approximate surface area is 266 Å². The van der Waals surface area contributed by atoms with Gasteiger partial charge in [-0.2, -0.15) is 0 Å². The van der Waals surface area contributed by atoms with Gasteiger partial charge in [0.2, 0.25) is 6.71 Å². The topological polar surface area (TPSA) is 44.2 Å². The molecule has 211 valence electrons. The van der Waals surface area contributed by atoms with E-state index in [-0.39, 0.29) is 26.8 Å². The molecule has 2 aliphatic rings. The molecule has 6 aromatic rings. The first-order valence-corrected chi connectivity index (χ1v) is 14.1. The third-order valence-corrected chi connectivity index (χ3v) is 7.62. The molecule has 6 heteroatoms. The summed E-state index contributed by atoms with van der Waals surface area (Å²) in [7, 11) is 0. The normalized spacial score (nSPS) is 11.8. The van der Waals surface area contributed by atoms with Crippen LogP contribution >= 0.6 is 0 Å². The Kier molecular flexibility index (Phi) is 8.24. The van der Waals surface area contributed by atoms with Crippen molar-refractivity contribution in [3.05, 3.63) is 139 Å². The van der Waals surface area contributed by atoms with E-state index in [0.29, 0.717) is 5.92 Å². The number of ether oxygens (including phenoxy) is 2. The van der Waals surface area contributed by atoms with E-state index in [9.17, 15) is 0 Å². The number of nitrogens with zero attached hydrogens (tertiary/aromatic N) is 2. The maximum absolute atomic E-state index is 6.47. The second-order valence-corrected chi connectivity index (χ2v) is 10.6. The molecule has 0 bridgehead atoms. The molecule has 0 fully saturated rings. The standard InChI is InChI=1S/C26H19BNO2.C11H8N.Ir/c1-16(2)17-13-14-28-21(15-17)18-11-12-24-25-26(18)30-23-10-6-4-8-20(23)27(25)19-7-3-5-9-22(19)29-24;1-2-6-10(7-3-1)11-8-4-5-9-12-11;/h3-10,12-16H,1-2H3;1-6,8-9H;/q2*-1;. The number of fused-ring (bicyclic) bond motifs is 4. The molecule has 4 aromatic carbocycles. The van der Waals surface area contributed by atoms with Crippen molar-refractivity contribution >= 4 is 23.1 Å². The van der Waals surface area contributed by atoms with Crippen LogP contribution in [0.25, 0.3) is 22.5 Å². The molecule has 0 unspecified atom stereocenters. The van der Waals surface area contributed by atoms with E-state index < -0.39 is 0 Å². The van der Waals surface area contributed by atoms with Gasteiger partial charge >= 0.3 is 0 Å². The van der Waals surface area contributed by atoms with Crippen molar-refractivity contribution in [1.82, 2.24) is 9.97 Å². The van der Waals surface area contributed by atoms with Crippen molar-refractivity contribution in [3.8, 4) is 45.5 Å². The molecule has 0 saturated carbocycles. The summed E-state index contributed by atoms with van der Waals surface area (Å²) in [6.07, 6.45) is 3.65.